The summed E-state index contributed by atoms with van der Waals surface area (Å²) < 4.78 is 9.98. The Morgan fingerprint density at radius 3 is 2.48 bits per heavy atom. The number of anilines is 1. The Morgan fingerprint density at radius 1 is 1.04 bits per heavy atom. The van der Waals surface area contributed by atoms with Crippen LogP contribution in [-0.4, -0.2) is 41.1 Å². The second-order valence-corrected chi connectivity index (χ2v) is 4.84. The molecule has 0 atom stereocenters. The molecule has 114 valence electrons. The summed E-state index contributed by atoms with van der Waals surface area (Å²) in [5, 5.41) is 0. The number of fused-ring (bicyclic) bond motifs is 1. The summed E-state index contributed by atoms with van der Waals surface area (Å²) in [6, 6.07) is 6.94. The molecular weight excluding hydrogens is 300 g/mol. The van der Waals surface area contributed by atoms with Crippen LogP contribution in [-0.2, 0) is 9.47 Å². The Labute approximate surface area is 130 Å². The number of amides is 1. The molecule has 2 aromatic rings. The molecular formula is C15H10N4O4. The predicted molar refractivity (Wildman–Crippen MR) is 78.8 cm³/mol. The van der Waals surface area contributed by atoms with Gasteiger partial charge in [-0.2, -0.15) is 0 Å². The number of carbonyl (C=O) groups is 2. The summed E-state index contributed by atoms with van der Waals surface area (Å²) in [5.41, 5.74) is 1.77. The van der Waals surface area contributed by atoms with Crippen LogP contribution < -0.4 is 4.90 Å². The van der Waals surface area contributed by atoms with Crippen LogP contribution >= 0.6 is 0 Å². The van der Waals surface area contributed by atoms with Crippen LogP contribution in [0.5, 0.6) is 0 Å². The number of aromatic nitrogens is 2. The highest BCUT2D eigenvalue weighted by molar-refractivity contribution is 6.15. The number of nitrogens with zero attached hydrogens (tertiary/aromatic N) is 4. The number of rotatable bonds is 2. The van der Waals surface area contributed by atoms with Gasteiger partial charge in [-0.25, -0.2) is 24.5 Å². The molecule has 0 bridgehead atoms. The van der Waals surface area contributed by atoms with Crippen molar-refractivity contribution < 1.29 is 19.1 Å². The largest absolute Gasteiger partial charge is 0.447 e. The smallest absolute Gasteiger partial charge is 0.414 e. The minimum Gasteiger partial charge on any atom is -0.447 e. The van der Waals surface area contributed by atoms with E-state index in [0.717, 1.165) is 5.69 Å². The van der Waals surface area contributed by atoms with Gasteiger partial charge in [-0.05, 0) is 24.3 Å². The van der Waals surface area contributed by atoms with E-state index in [-0.39, 0.29) is 17.7 Å². The fourth-order valence-corrected chi connectivity index (χ4v) is 2.36. The number of carbonyl (C=O) groups excluding carboxylic acids is 2. The molecule has 1 saturated heterocycles. The van der Waals surface area contributed by atoms with Gasteiger partial charge in [0.25, 0.3) is 5.90 Å². The van der Waals surface area contributed by atoms with Gasteiger partial charge in [0.15, 0.2) is 11.4 Å². The molecule has 4 rings (SSSR count). The molecule has 8 heteroatoms. The lowest BCUT2D eigenvalue weighted by atomic mass is 10.2. The molecule has 1 aromatic heterocycles. The van der Waals surface area contributed by atoms with Crippen LogP contribution in [0.1, 0.15) is 16.2 Å². The number of hydrogen-bond donors (Lipinski definition) is 0. The number of ether oxygens (including phenoxy) is 2. The highest BCUT2D eigenvalue weighted by Gasteiger charge is 2.31. The minimum atomic E-state index is -0.566. The Morgan fingerprint density at radius 2 is 1.78 bits per heavy atom. The second-order valence-electron chi connectivity index (χ2n) is 4.84. The standard InChI is InChI=1S/C15H10N4O4/c20-14-12-11(16-5-6-17-12)13(23-14)18-9-1-3-10(4-2-9)19-7-8-22-15(19)21/h1-6H,7-8H2/b18-13+. The van der Waals surface area contributed by atoms with E-state index < -0.39 is 5.97 Å². The lowest BCUT2D eigenvalue weighted by Gasteiger charge is -2.12. The molecule has 1 aromatic carbocycles. The van der Waals surface area contributed by atoms with Crippen molar-refractivity contribution in [3.05, 3.63) is 48.0 Å². The van der Waals surface area contributed by atoms with Crippen LogP contribution in [0.2, 0.25) is 0 Å². The van der Waals surface area contributed by atoms with Gasteiger partial charge in [-0.3, -0.25) is 4.90 Å². The molecule has 0 aliphatic carbocycles. The quantitative estimate of drug-likeness (QED) is 0.783. The lowest BCUT2D eigenvalue weighted by molar-refractivity contribution is 0.0732. The molecule has 0 spiro atoms. The average molecular weight is 310 g/mol. The van der Waals surface area contributed by atoms with Crippen molar-refractivity contribution in [2.24, 2.45) is 4.99 Å². The van der Waals surface area contributed by atoms with E-state index in [0.29, 0.717) is 24.5 Å². The van der Waals surface area contributed by atoms with E-state index in [1.807, 2.05) is 0 Å². The second kappa shape index (κ2) is 5.16. The molecule has 8 nitrogen and oxygen atoms in total. The number of esters is 1. The summed E-state index contributed by atoms with van der Waals surface area (Å²) in [4.78, 5) is 37.0. The summed E-state index contributed by atoms with van der Waals surface area (Å²) in [5.74, 6) is -0.449. The van der Waals surface area contributed by atoms with Crippen molar-refractivity contribution in [2.45, 2.75) is 0 Å². The monoisotopic (exact) mass is 310 g/mol. The van der Waals surface area contributed by atoms with Gasteiger partial charge in [0.1, 0.15) is 6.61 Å². The summed E-state index contributed by atoms with van der Waals surface area (Å²) in [7, 11) is 0. The molecule has 1 fully saturated rings. The van der Waals surface area contributed by atoms with E-state index in [1.54, 1.807) is 24.3 Å². The van der Waals surface area contributed by atoms with Crippen molar-refractivity contribution in [1.29, 1.82) is 0 Å². The topological polar surface area (TPSA) is 94.0 Å². The number of aliphatic imine (C=N–C) groups is 1. The van der Waals surface area contributed by atoms with Gasteiger partial charge in [0, 0.05) is 18.1 Å². The maximum Gasteiger partial charge on any atom is 0.414 e. The van der Waals surface area contributed by atoms with E-state index >= 15 is 0 Å². The van der Waals surface area contributed by atoms with Crippen LogP contribution in [0.15, 0.2) is 41.7 Å². The van der Waals surface area contributed by atoms with E-state index in [9.17, 15) is 9.59 Å². The van der Waals surface area contributed by atoms with Crippen LogP contribution in [0.25, 0.3) is 0 Å². The molecule has 23 heavy (non-hydrogen) atoms. The molecule has 2 aliphatic rings. The molecule has 2 aliphatic heterocycles. The Bertz CT molecular complexity index is 832. The molecule has 0 saturated carbocycles. The highest BCUT2D eigenvalue weighted by atomic mass is 16.6. The van der Waals surface area contributed by atoms with Gasteiger partial charge in [-0.1, -0.05) is 0 Å². The van der Waals surface area contributed by atoms with Gasteiger partial charge in [0.05, 0.1) is 12.2 Å². The van der Waals surface area contributed by atoms with Crippen molar-refractivity contribution >= 4 is 29.3 Å². The predicted octanol–water partition coefficient (Wildman–Crippen LogP) is 1.68. The normalized spacial score (nSPS) is 18.1. The third-order valence-corrected chi connectivity index (χ3v) is 3.44. The molecule has 0 unspecified atom stereocenters. The third kappa shape index (κ3) is 2.30. The summed E-state index contributed by atoms with van der Waals surface area (Å²) in [6.07, 6.45) is 2.53. The summed E-state index contributed by atoms with van der Waals surface area (Å²) in [6.45, 7) is 0.904. The fourth-order valence-electron chi connectivity index (χ4n) is 2.36. The average Bonchev–Trinajstić information content (AvgIpc) is 3.13. The van der Waals surface area contributed by atoms with Crippen molar-refractivity contribution in [3.8, 4) is 0 Å². The van der Waals surface area contributed by atoms with Crippen molar-refractivity contribution in [2.75, 3.05) is 18.1 Å². The Balaban J connectivity index is 1.63. The van der Waals surface area contributed by atoms with Crippen LogP contribution in [0.3, 0.4) is 0 Å². The van der Waals surface area contributed by atoms with E-state index in [2.05, 4.69) is 15.0 Å². The number of hydrogen-bond acceptors (Lipinski definition) is 7. The maximum atomic E-state index is 11.7. The van der Waals surface area contributed by atoms with E-state index in [4.69, 9.17) is 9.47 Å². The minimum absolute atomic E-state index is 0.117. The first kappa shape index (κ1) is 13.4. The molecule has 1 amide bonds. The van der Waals surface area contributed by atoms with Gasteiger partial charge < -0.3 is 9.47 Å². The Hall–Kier alpha value is -3.29. The zero-order chi connectivity index (χ0) is 15.8. The first-order valence-corrected chi connectivity index (χ1v) is 6.89. The fraction of sp³-hybridized carbons (Fsp3) is 0.133. The SMILES string of the molecule is O=C1O/C(=N/c2ccc(N3CCOC3=O)cc2)c2nccnc21. The zero-order valence-corrected chi connectivity index (χ0v) is 11.8. The van der Waals surface area contributed by atoms with Crippen molar-refractivity contribution in [3.63, 3.8) is 0 Å². The van der Waals surface area contributed by atoms with Crippen LogP contribution in [0, 0.1) is 0 Å². The third-order valence-electron chi connectivity index (χ3n) is 3.44. The first-order chi connectivity index (χ1) is 11.2. The number of benzene rings is 1. The van der Waals surface area contributed by atoms with Crippen molar-refractivity contribution in [1.82, 2.24) is 9.97 Å². The number of cyclic esters (lactones) is 2. The van der Waals surface area contributed by atoms with E-state index in [1.165, 1.54) is 17.3 Å². The molecule has 3 heterocycles. The zero-order valence-electron chi connectivity index (χ0n) is 11.8. The molecule has 0 radical (unpaired) electrons. The van der Waals surface area contributed by atoms with Gasteiger partial charge in [0.2, 0.25) is 0 Å². The maximum absolute atomic E-state index is 11.7. The first-order valence-electron chi connectivity index (χ1n) is 6.89. The molecule has 0 N–H and O–H groups in total. The van der Waals surface area contributed by atoms with Crippen LogP contribution in [0.4, 0.5) is 16.2 Å². The highest BCUT2D eigenvalue weighted by Crippen LogP contribution is 2.24. The Kier molecular flexibility index (Phi) is 3.00. The lowest BCUT2D eigenvalue weighted by Crippen LogP contribution is -2.22. The van der Waals surface area contributed by atoms with Gasteiger partial charge in [-0.15, -0.1) is 0 Å². The van der Waals surface area contributed by atoms with Gasteiger partial charge >= 0.3 is 12.1 Å². The summed E-state index contributed by atoms with van der Waals surface area (Å²) >= 11 is 0.